The SMILES string of the molecule is COc1ccc2ccccc2c1OC. The molecule has 0 atom stereocenters. The highest BCUT2D eigenvalue weighted by Crippen LogP contribution is 2.34. The second-order valence-corrected chi connectivity index (χ2v) is 3.02. The Balaban J connectivity index is 2.77. The summed E-state index contributed by atoms with van der Waals surface area (Å²) >= 11 is 0. The van der Waals surface area contributed by atoms with Gasteiger partial charge in [0.25, 0.3) is 0 Å². The summed E-state index contributed by atoms with van der Waals surface area (Å²) in [5, 5.41) is 2.24. The van der Waals surface area contributed by atoms with Gasteiger partial charge in [-0.05, 0) is 11.5 Å². The standard InChI is InChI=1S/C12H12O2/c1-13-11-8-7-9-5-3-4-6-10(9)12(11)14-2/h3-8H,1-2H3. The predicted octanol–water partition coefficient (Wildman–Crippen LogP) is 2.86. The quantitative estimate of drug-likeness (QED) is 0.721. The summed E-state index contributed by atoms with van der Waals surface area (Å²) in [5.41, 5.74) is 0. The molecule has 72 valence electrons. The fourth-order valence-electron chi connectivity index (χ4n) is 1.59. The Morgan fingerprint density at radius 2 is 1.64 bits per heavy atom. The monoisotopic (exact) mass is 188 g/mol. The van der Waals surface area contributed by atoms with Crippen molar-refractivity contribution >= 4 is 10.8 Å². The normalized spacial score (nSPS) is 10.1. The molecule has 0 spiro atoms. The van der Waals surface area contributed by atoms with Gasteiger partial charge >= 0.3 is 0 Å². The van der Waals surface area contributed by atoms with Crippen LogP contribution >= 0.6 is 0 Å². The Labute approximate surface area is 83.1 Å². The van der Waals surface area contributed by atoms with Gasteiger partial charge in [0.05, 0.1) is 14.2 Å². The van der Waals surface area contributed by atoms with Crippen LogP contribution in [0.3, 0.4) is 0 Å². The zero-order chi connectivity index (χ0) is 9.97. The molecule has 0 N–H and O–H groups in total. The van der Waals surface area contributed by atoms with E-state index in [-0.39, 0.29) is 0 Å². The van der Waals surface area contributed by atoms with Crippen molar-refractivity contribution in [3.05, 3.63) is 36.4 Å². The molecular weight excluding hydrogens is 176 g/mol. The lowest BCUT2D eigenvalue weighted by Gasteiger charge is -2.09. The van der Waals surface area contributed by atoms with Gasteiger partial charge in [-0.15, -0.1) is 0 Å². The highest BCUT2D eigenvalue weighted by atomic mass is 16.5. The number of rotatable bonds is 2. The fourth-order valence-corrected chi connectivity index (χ4v) is 1.59. The predicted molar refractivity (Wildman–Crippen MR) is 57.1 cm³/mol. The van der Waals surface area contributed by atoms with Crippen LogP contribution in [0.1, 0.15) is 0 Å². The van der Waals surface area contributed by atoms with Gasteiger partial charge in [0.1, 0.15) is 0 Å². The molecule has 0 fully saturated rings. The Bertz CT molecular complexity index is 449. The molecule has 2 aromatic carbocycles. The molecule has 0 radical (unpaired) electrons. The molecular formula is C12H12O2. The zero-order valence-electron chi connectivity index (χ0n) is 8.28. The van der Waals surface area contributed by atoms with Crippen molar-refractivity contribution in [1.82, 2.24) is 0 Å². The zero-order valence-corrected chi connectivity index (χ0v) is 8.28. The summed E-state index contributed by atoms with van der Waals surface area (Å²) in [6.45, 7) is 0. The molecule has 2 nitrogen and oxygen atoms in total. The largest absolute Gasteiger partial charge is 0.493 e. The summed E-state index contributed by atoms with van der Waals surface area (Å²) in [7, 11) is 3.30. The molecule has 0 unspecified atom stereocenters. The summed E-state index contributed by atoms with van der Waals surface area (Å²) in [6.07, 6.45) is 0. The van der Waals surface area contributed by atoms with Crippen LogP contribution in [0.4, 0.5) is 0 Å². The van der Waals surface area contributed by atoms with E-state index in [9.17, 15) is 0 Å². The molecule has 0 aromatic heterocycles. The van der Waals surface area contributed by atoms with E-state index in [1.807, 2.05) is 30.3 Å². The number of ether oxygens (including phenoxy) is 2. The second-order valence-electron chi connectivity index (χ2n) is 3.02. The van der Waals surface area contributed by atoms with Gasteiger partial charge in [0, 0.05) is 5.39 Å². The fraction of sp³-hybridized carbons (Fsp3) is 0.167. The van der Waals surface area contributed by atoms with Crippen LogP contribution in [0.25, 0.3) is 10.8 Å². The number of methoxy groups -OCH3 is 2. The molecule has 2 heteroatoms. The van der Waals surface area contributed by atoms with Gasteiger partial charge in [-0.25, -0.2) is 0 Å². The van der Waals surface area contributed by atoms with E-state index < -0.39 is 0 Å². The number of hydrogen-bond acceptors (Lipinski definition) is 2. The van der Waals surface area contributed by atoms with Crippen molar-refractivity contribution in [2.75, 3.05) is 14.2 Å². The van der Waals surface area contributed by atoms with E-state index in [1.54, 1.807) is 14.2 Å². The molecule has 0 bridgehead atoms. The van der Waals surface area contributed by atoms with E-state index in [1.165, 1.54) is 0 Å². The van der Waals surface area contributed by atoms with Crippen LogP contribution in [-0.2, 0) is 0 Å². The van der Waals surface area contributed by atoms with E-state index in [0.717, 1.165) is 22.3 Å². The highest BCUT2D eigenvalue weighted by molar-refractivity contribution is 5.90. The average molecular weight is 188 g/mol. The molecule has 0 aliphatic carbocycles. The average Bonchev–Trinajstić information content (AvgIpc) is 2.27. The molecule has 14 heavy (non-hydrogen) atoms. The van der Waals surface area contributed by atoms with Crippen molar-refractivity contribution in [3.8, 4) is 11.5 Å². The Hall–Kier alpha value is -1.70. The van der Waals surface area contributed by atoms with Crippen molar-refractivity contribution in [2.45, 2.75) is 0 Å². The minimum absolute atomic E-state index is 0.770. The third-order valence-electron chi connectivity index (χ3n) is 2.27. The number of benzene rings is 2. The minimum atomic E-state index is 0.770. The molecule has 0 saturated heterocycles. The summed E-state index contributed by atoms with van der Waals surface area (Å²) < 4.78 is 10.5. The van der Waals surface area contributed by atoms with E-state index >= 15 is 0 Å². The highest BCUT2D eigenvalue weighted by Gasteiger charge is 2.06. The number of fused-ring (bicyclic) bond motifs is 1. The maximum Gasteiger partial charge on any atom is 0.168 e. The van der Waals surface area contributed by atoms with E-state index in [0.29, 0.717) is 0 Å². The van der Waals surface area contributed by atoms with Gasteiger partial charge in [0.15, 0.2) is 11.5 Å². The first-order valence-electron chi connectivity index (χ1n) is 4.46. The van der Waals surface area contributed by atoms with Gasteiger partial charge in [0.2, 0.25) is 0 Å². The summed E-state index contributed by atoms with van der Waals surface area (Å²) in [6, 6.07) is 12.0. The lowest BCUT2D eigenvalue weighted by atomic mass is 10.1. The Kier molecular flexibility index (Phi) is 2.27. The number of hydrogen-bond donors (Lipinski definition) is 0. The molecule has 0 amide bonds. The van der Waals surface area contributed by atoms with E-state index in [4.69, 9.17) is 9.47 Å². The van der Waals surface area contributed by atoms with Crippen LogP contribution in [0.15, 0.2) is 36.4 Å². The lowest BCUT2D eigenvalue weighted by Crippen LogP contribution is -1.90. The molecule has 0 aliphatic heterocycles. The topological polar surface area (TPSA) is 18.5 Å². The van der Waals surface area contributed by atoms with Crippen molar-refractivity contribution in [2.24, 2.45) is 0 Å². The van der Waals surface area contributed by atoms with Crippen molar-refractivity contribution < 1.29 is 9.47 Å². The van der Waals surface area contributed by atoms with Crippen molar-refractivity contribution in [1.29, 1.82) is 0 Å². The van der Waals surface area contributed by atoms with Crippen LogP contribution in [0, 0.1) is 0 Å². The van der Waals surface area contributed by atoms with Gasteiger partial charge in [-0.1, -0.05) is 30.3 Å². The Morgan fingerprint density at radius 3 is 2.36 bits per heavy atom. The first-order valence-corrected chi connectivity index (χ1v) is 4.46. The third-order valence-corrected chi connectivity index (χ3v) is 2.27. The Morgan fingerprint density at radius 1 is 0.857 bits per heavy atom. The van der Waals surface area contributed by atoms with Crippen LogP contribution < -0.4 is 9.47 Å². The van der Waals surface area contributed by atoms with Crippen LogP contribution in [0.5, 0.6) is 11.5 Å². The van der Waals surface area contributed by atoms with Gasteiger partial charge < -0.3 is 9.47 Å². The summed E-state index contributed by atoms with van der Waals surface area (Å²) in [4.78, 5) is 0. The van der Waals surface area contributed by atoms with E-state index in [2.05, 4.69) is 6.07 Å². The third kappa shape index (κ3) is 1.29. The summed E-state index contributed by atoms with van der Waals surface area (Å²) in [5.74, 6) is 1.57. The minimum Gasteiger partial charge on any atom is -0.493 e. The smallest absolute Gasteiger partial charge is 0.168 e. The maximum atomic E-state index is 5.32. The lowest BCUT2D eigenvalue weighted by molar-refractivity contribution is 0.358. The molecule has 2 aromatic rings. The van der Waals surface area contributed by atoms with Gasteiger partial charge in [-0.3, -0.25) is 0 Å². The molecule has 0 heterocycles. The molecule has 2 rings (SSSR count). The van der Waals surface area contributed by atoms with Gasteiger partial charge in [-0.2, -0.15) is 0 Å². The molecule has 0 aliphatic rings. The molecule has 0 saturated carbocycles. The first-order chi connectivity index (χ1) is 6.86. The first kappa shape index (κ1) is 8.88. The van der Waals surface area contributed by atoms with Crippen molar-refractivity contribution in [3.63, 3.8) is 0 Å². The maximum absolute atomic E-state index is 5.32. The second kappa shape index (κ2) is 3.58. The van der Waals surface area contributed by atoms with Crippen LogP contribution in [-0.4, -0.2) is 14.2 Å². The van der Waals surface area contributed by atoms with Crippen LogP contribution in [0.2, 0.25) is 0 Å².